The van der Waals surface area contributed by atoms with Crippen LogP contribution in [0.4, 0.5) is 27.8 Å². The molecule has 38 heavy (non-hydrogen) atoms. The Morgan fingerprint density at radius 3 is 2.47 bits per heavy atom. The maximum atomic E-state index is 13.9. The Morgan fingerprint density at radius 2 is 1.84 bits per heavy atom. The zero-order chi connectivity index (χ0) is 27.6. The summed E-state index contributed by atoms with van der Waals surface area (Å²) in [5, 5.41) is 0. The zero-order valence-corrected chi connectivity index (χ0v) is 21.3. The average molecular weight is 535 g/mol. The van der Waals surface area contributed by atoms with E-state index in [0.717, 1.165) is 37.6 Å². The molecule has 0 saturated carbocycles. The first kappa shape index (κ1) is 27.4. The van der Waals surface area contributed by atoms with Gasteiger partial charge in [-0.3, -0.25) is 0 Å². The second-order valence-corrected chi connectivity index (χ2v) is 9.66. The Morgan fingerprint density at radius 1 is 1.08 bits per heavy atom. The Kier molecular flexibility index (Phi) is 7.94. The van der Waals surface area contributed by atoms with Crippen LogP contribution in [0.25, 0.3) is 5.70 Å². The number of hydrogen-bond donors (Lipinski definition) is 1. The molecule has 0 radical (unpaired) electrons. The molecule has 2 atom stereocenters. The van der Waals surface area contributed by atoms with Crippen molar-refractivity contribution in [3.05, 3.63) is 77.8 Å². The van der Waals surface area contributed by atoms with Crippen LogP contribution in [0, 0.1) is 11.6 Å². The topological polar surface area (TPSA) is 61.0 Å². The third kappa shape index (κ3) is 5.92. The monoisotopic (exact) mass is 534 g/mol. The van der Waals surface area contributed by atoms with Crippen LogP contribution < -0.4 is 10.6 Å². The van der Waals surface area contributed by atoms with Gasteiger partial charge < -0.3 is 20.4 Å². The van der Waals surface area contributed by atoms with E-state index in [4.69, 9.17) is 10.7 Å². The molecule has 1 unspecified atom stereocenters. The first-order valence-electron chi connectivity index (χ1n) is 12.5. The summed E-state index contributed by atoms with van der Waals surface area (Å²) in [7, 11) is 0. The number of pyridine rings is 1. The molecular weight excluding hydrogens is 503 g/mol. The van der Waals surface area contributed by atoms with Crippen LogP contribution in [0.1, 0.15) is 37.8 Å². The number of nitrogens with zero attached hydrogens (tertiary/aromatic N) is 5. The third-order valence-electron chi connectivity index (χ3n) is 6.98. The molecule has 1 aromatic heterocycles. The summed E-state index contributed by atoms with van der Waals surface area (Å²) in [6.07, 6.45) is 0.423. The number of halogens is 5. The number of aliphatic imine (C=N–C) groups is 1. The molecule has 2 aliphatic rings. The Bertz CT molecular complexity index is 1240. The molecule has 0 bridgehead atoms. The van der Waals surface area contributed by atoms with Crippen molar-refractivity contribution in [2.75, 3.05) is 31.1 Å². The van der Waals surface area contributed by atoms with Crippen molar-refractivity contribution in [1.82, 2.24) is 14.8 Å². The van der Waals surface area contributed by atoms with Gasteiger partial charge in [-0.1, -0.05) is 6.58 Å². The lowest BCUT2D eigenvalue weighted by molar-refractivity contribution is -0.137. The number of amidine groups is 1. The van der Waals surface area contributed by atoms with Crippen molar-refractivity contribution in [3.63, 3.8) is 0 Å². The minimum Gasteiger partial charge on any atom is -0.398 e. The summed E-state index contributed by atoms with van der Waals surface area (Å²) >= 11 is 0. The molecule has 11 heteroatoms. The standard InChI is InChI=1S/C27H31F5N6/c1-17-6-5-11-37(17)19(3)35-25(15-24(33)20-8-9-22(28)23(29)14-20)38-13-12-36(16-18(38)2)26-21(27(30,31)32)7-4-10-34-26/h4,7-10,14-15,17-18H,3,5-6,11-13,16,33H2,1-2H3/b24-15-,35-25+/t17?,18-/m1/s1. The van der Waals surface area contributed by atoms with Crippen molar-refractivity contribution >= 4 is 17.4 Å². The van der Waals surface area contributed by atoms with E-state index in [1.165, 1.54) is 18.3 Å². The van der Waals surface area contributed by atoms with Gasteiger partial charge in [0, 0.05) is 61.8 Å². The second-order valence-electron chi connectivity index (χ2n) is 9.66. The predicted octanol–water partition coefficient (Wildman–Crippen LogP) is 5.24. The van der Waals surface area contributed by atoms with Crippen LogP contribution in [0.5, 0.6) is 0 Å². The van der Waals surface area contributed by atoms with Crippen LogP contribution in [-0.2, 0) is 6.18 Å². The number of likely N-dealkylation sites (tertiary alicyclic amines) is 1. The van der Waals surface area contributed by atoms with Crippen LogP contribution in [0.3, 0.4) is 0 Å². The summed E-state index contributed by atoms with van der Waals surface area (Å²) in [6.45, 7) is 9.76. The molecule has 204 valence electrons. The summed E-state index contributed by atoms with van der Waals surface area (Å²) in [5.74, 6) is -1.13. The highest BCUT2D eigenvalue weighted by molar-refractivity contribution is 5.99. The molecule has 2 fully saturated rings. The van der Waals surface area contributed by atoms with E-state index in [-0.39, 0.29) is 42.3 Å². The summed E-state index contributed by atoms with van der Waals surface area (Å²) in [4.78, 5) is 14.4. The first-order chi connectivity index (χ1) is 18.0. The minimum absolute atomic E-state index is 0.114. The average Bonchev–Trinajstić information content (AvgIpc) is 3.30. The molecule has 2 aliphatic heterocycles. The van der Waals surface area contributed by atoms with Gasteiger partial charge in [-0.05, 0) is 57.0 Å². The molecule has 2 saturated heterocycles. The highest BCUT2D eigenvalue weighted by Gasteiger charge is 2.37. The SMILES string of the molecule is C=C(/N=C(\C=C(/N)c1ccc(F)c(F)c1)N1CCN(c2ncccc2C(F)(F)F)C[C@H]1C)N1CCCC1C. The number of piperazine rings is 1. The fourth-order valence-corrected chi connectivity index (χ4v) is 4.95. The molecule has 4 rings (SSSR count). The number of alkyl halides is 3. The third-order valence-corrected chi connectivity index (χ3v) is 6.98. The molecule has 1 aromatic carbocycles. The van der Waals surface area contributed by atoms with Gasteiger partial charge >= 0.3 is 6.18 Å². The molecule has 0 aliphatic carbocycles. The Hall–Kier alpha value is -3.63. The first-order valence-corrected chi connectivity index (χ1v) is 12.5. The van der Waals surface area contributed by atoms with E-state index >= 15 is 0 Å². The van der Waals surface area contributed by atoms with Crippen LogP contribution in [0.15, 0.2) is 60.0 Å². The molecule has 6 nitrogen and oxygen atoms in total. The van der Waals surface area contributed by atoms with Gasteiger partial charge in [0.1, 0.15) is 17.5 Å². The molecular formula is C27H31F5N6. The minimum atomic E-state index is -4.53. The Balaban J connectivity index is 1.65. The van der Waals surface area contributed by atoms with Crippen LogP contribution in [-0.4, -0.2) is 58.9 Å². The van der Waals surface area contributed by atoms with Gasteiger partial charge in [-0.2, -0.15) is 13.2 Å². The van der Waals surface area contributed by atoms with Gasteiger partial charge in [-0.15, -0.1) is 0 Å². The van der Waals surface area contributed by atoms with Crippen LogP contribution >= 0.6 is 0 Å². The quantitative estimate of drug-likeness (QED) is 0.323. The maximum absolute atomic E-state index is 13.9. The number of aromatic nitrogens is 1. The highest BCUT2D eigenvalue weighted by atomic mass is 19.4. The van der Waals surface area contributed by atoms with Crippen molar-refractivity contribution in [3.8, 4) is 0 Å². The summed E-state index contributed by atoms with van der Waals surface area (Å²) in [6, 6.07) is 5.67. The molecule has 3 heterocycles. The van der Waals surface area contributed by atoms with Gasteiger partial charge in [-0.25, -0.2) is 18.8 Å². The van der Waals surface area contributed by atoms with Gasteiger partial charge in [0.2, 0.25) is 0 Å². The van der Waals surface area contributed by atoms with E-state index in [9.17, 15) is 22.0 Å². The molecule has 0 amide bonds. The largest absolute Gasteiger partial charge is 0.419 e. The van der Waals surface area contributed by atoms with Crippen LogP contribution in [0.2, 0.25) is 0 Å². The van der Waals surface area contributed by atoms with Crippen molar-refractivity contribution in [2.24, 2.45) is 10.7 Å². The van der Waals surface area contributed by atoms with Gasteiger partial charge in [0.25, 0.3) is 0 Å². The van der Waals surface area contributed by atoms with E-state index < -0.39 is 23.4 Å². The summed E-state index contributed by atoms with van der Waals surface area (Å²) < 4.78 is 68.1. The van der Waals surface area contributed by atoms with Gasteiger partial charge in [0.15, 0.2) is 11.6 Å². The lowest BCUT2D eigenvalue weighted by atomic mass is 10.1. The molecule has 2 aromatic rings. The number of rotatable bonds is 5. The predicted molar refractivity (Wildman–Crippen MR) is 138 cm³/mol. The van der Waals surface area contributed by atoms with E-state index in [1.807, 2.05) is 11.8 Å². The fourth-order valence-electron chi connectivity index (χ4n) is 4.95. The Labute approximate surface area is 218 Å². The number of hydrogen-bond acceptors (Lipinski definition) is 5. The zero-order valence-electron chi connectivity index (χ0n) is 21.3. The highest BCUT2D eigenvalue weighted by Crippen LogP contribution is 2.36. The number of nitrogens with two attached hydrogens (primary N) is 1. The normalized spacial score (nSPS) is 21.3. The number of benzene rings is 1. The lowest BCUT2D eigenvalue weighted by Gasteiger charge is -2.42. The van der Waals surface area contributed by atoms with Crippen molar-refractivity contribution in [2.45, 2.75) is 44.9 Å². The fraction of sp³-hybridized carbons (Fsp3) is 0.407. The van der Waals surface area contributed by atoms with Crippen molar-refractivity contribution in [1.29, 1.82) is 0 Å². The van der Waals surface area contributed by atoms with Crippen molar-refractivity contribution < 1.29 is 22.0 Å². The maximum Gasteiger partial charge on any atom is 0.419 e. The second kappa shape index (κ2) is 11.0. The van der Waals surface area contributed by atoms with Gasteiger partial charge in [0.05, 0.1) is 5.56 Å². The smallest absolute Gasteiger partial charge is 0.398 e. The summed E-state index contributed by atoms with van der Waals surface area (Å²) in [5.41, 5.74) is 5.96. The lowest BCUT2D eigenvalue weighted by Crippen LogP contribution is -2.54. The molecule has 2 N–H and O–H groups in total. The number of anilines is 1. The van der Waals surface area contributed by atoms with E-state index in [2.05, 4.69) is 23.4 Å². The van der Waals surface area contributed by atoms with E-state index in [1.54, 1.807) is 11.0 Å². The molecule has 0 spiro atoms. The van der Waals surface area contributed by atoms with E-state index in [0.29, 0.717) is 18.2 Å².